The van der Waals surface area contributed by atoms with Crippen molar-refractivity contribution in [1.82, 2.24) is 0 Å². The van der Waals surface area contributed by atoms with Crippen molar-refractivity contribution < 1.29 is 32.3 Å². The molecule has 0 aliphatic heterocycles. The summed E-state index contributed by atoms with van der Waals surface area (Å²) in [6, 6.07) is 0. The second kappa shape index (κ2) is 8.96. The minimum Gasteiger partial charge on any atom is -0.550 e. The molecule has 0 saturated carbocycles. The van der Waals surface area contributed by atoms with Gasteiger partial charge in [-0.2, -0.15) is 0 Å². The fourth-order valence-corrected chi connectivity index (χ4v) is 0. The zero-order valence-electron chi connectivity index (χ0n) is 2.62. The van der Waals surface area contributed by atoms with Gasteiger partial charge in [0.1, 0.15) is 0 Å². The number of carbonyl (C=O) groups excluding carboxylic acids is 1. The van der Waals surface area contributed by atoms with E-state index in [4.69, 9.17) is 9.90 Å². The Hall–Kier alpha value is 0.210. The van der Waals surface area contributed by atoms with Crippen LogP contribution < -0.4 is 5.11 Å². The molecule has 0 saturated heterocycles. The molecule has 0 fully saturated rings. The van der Waals surface area contributed by atoms with E-state index < -0.39 is 5.97 Å². The summed E-state index contributed by atoms with van der Waals surface area (Å²) in [5.74, 6) is -1.08. The summed E-state index contributed by atoms with van der Waals surface area (Å²) < 4.78 is 0. The molecule has 0 aromatic carbocycles. The summed E-state index contributed by atoms with van der Waals surface area (Å²) in [7, 11) is 0. The van der Waals surface area contributed by atoms with Crippen molar-refractivity contribution in [2.45, 2.75) is 14.4 Å². The van der Waals surface area contributed by atoms with E-state index in [0.29, 0.717) is 0 Å². The van der Waals surface area contributed by atoms with Crippen LogP contribution in [-0.2, 0) is 27.2 Å². The van der Waals surface area contributed by atoms with E-state index in [2.05, 4.69) is 0 Å². The van der Waals surface area contributed by atoms with Gasteiger partial charge in [0.25, 0.3) is 0 Å². The molecule has 0 aliphatic rings. The van der Waals surface area contributed by atoms with Gasteiger partial charge in [0.15, 0.2) is 0 Å². The number of rotatable bonds is 0. The summed E-state index contributed by atoms with van der Waals surface area (Å²) >= 11 is 0. The Morgan fingerprint density at radius 2 is 1.67 bits per heavy atom. The molecule has 0 aromatic heterocycles. The first-order valence-electron chi connectivity index (χ1n) is 0.908. The average molecular weight is 183 g/mol. The van der Waals surface area contributed by atoms with E-state index in [1.807, 2.05) is 0 Å². The zero-order valence-corrected chi connectivity index (χ0v) is 4.10. The van der Waals surface area contributed by atoms with Gasteiger partial charge in [-0.05, 0) is 6.92 Å². The number of hydrogen-bond donors (Lipinski definition) is 0. The van der Waals surface area contributed by atoms with E-state index in [1.165, 1.54) is 0 Å². The predicted molar refractivity (Wildman–Crippen MR) is 17.4 cm³/mol. The smallest absolute Gasteiger partial charge is 0.550 e. The Morgan fingerprint density at radius 1 is 1.67 bits per heavy atom. The van der Waals surface area contributed by atoms with Crippen molar-refractivity contribution >= 4 is 5.97 Å². The van der Waals surface area contributed by atoms with Gasteiger partial charge in [-0.15, -0.1) is 0 Å². The van der Waals surface area contributed by atoms with E-state index in [-0.39, 0.29) is 29.8 Å². The molecule has 0 rings (SSSR count). The number of carboxylic acids is 1. The predicted octanol–water partition coefficient (Wildman–Crippen LogP) is -0.610. The fraction of sp³-hybridized carbons (Fsp3) is 0.667. The Bertz CT molecular complexity index is 31.8. The first-order valence-corrected chi connectivity index (χ1v) is 0.908. The Labute approximate surface area is 53.1 Å². The van der Waals surface area contributed by atoms with Gasteiger partial charge >= 0.3 is 22.4 Å². The molecule has 3 heteroatoms. The standard InChI is InChI=1S/C2H4O2.CH4.Ag/c1-2(3)4;;/h1H3,(H,3,4);1H4;/q;;+1/p-1. The molecule has 0 heterocycles. The fourth-order valence-electron chi connectivity index (χ4n) is 0. The molecule has 0 spiro atoms. The van der Waals surface area contributed by atoms with Gasteiger partial charge in [-0.25, -0.2) is 0 Å². The number of aliphatic carboxylic acids is 1. The second-order valence-corrected chi connectivity index (χ2v) is 0.492. The summed E-state index contributed by atoms with van der Waals surface area (Å²) in [5.41, 5.74) is 0. The van der Waals surface area contributed by atoms with Crippen LogP contribution in [-0.4, -0.2) is 5.97 Å². The molecule has 42 valence electrons. The zero-order chi connectivity index (χ0) is 3.58. The molecule has 6 heavy (non-hydrogen) atoms. The molecule has 0 amide bonds. The van der Waals surface area contributed by atoms with Crippen LogP contribution in [0.4, 0.5) is 0 Å². The normalized spacial score (nSPS) is 4.17. The number of carboxylic acid groups (broad SMARTS) is 1. The van der Waals surface area contributed by atoms with Crippen molar-refractivity contribution in [2.75, 3.05) is 0 Å². The molecular formula is C3H7AgO2. The van der Waals surface area contributed by atoms with Crippen LogP contribution >= 0.6 is 0 Å². The van der Waals surface area contributed by atoms with Crippen LogP contribution in [0.25, 0.3) is 0 Å². The second-order valence-electron chi connectivity index (χ2n) is 0.492. The molecule has 0 aromatic rings. The van der Waals surface area contributed by atoms with Crippen molar-refractivity contribution in [3.05, 3.63) is 0 Å². The third-order valence-corrected chi connectivity index (χ3v) is 0. The molecule has 0 radical (unpaired) electrons. The topological polar surface area (TPSA) is 40.1 Å². The van der Waals surface area contributed by atoms with E-state index in [0.717, 1.165) is 6.92 Å². The molecule has 0 bridgehead atoms. The van der Waals surface area contributed by atoms with Gasteiger partial charge in [0.2, 0.25) is 0 Å². The van der Waals surface area contributed by atoms with Crippen molar-refractivity contribution in [1.29, 1.82) is 0 Å². The first kappa shape index (κ1) is 16.4. The third kappa shape index (κ3) is 981. The van der Waals surface area contributed by atoms with Gasteiger partial charge < -0.3 is 9.90 Å². The molecular weight excluding hydrogens is 176 g/mol. The van der Waals surface area contributed by atoms with Crippen LogP contribution in [0, 0.1) is 0 Å². The van der Waals surface area contributed by atoms with E-state index in [1.54, 1.807) is 0 Å². The Morgan fingerprint density at radius 3 is 1.67 bits per heavy atom. The van der Waals surface area contributed by atoms with E-state index >= 15 is 0 Å². The average Bonchev–Trinajstić information content (AvgIpc) is 0.811. The summed E-state index contributed by atoms with van der Waals surface area (Å²) in [4.78, 5) is 8.89. The number of hydrogen-bond acceptors (Lipinski definition) is 2. The van der Waals surface area contributed by atoms with Crippen molar-refractivity contribution in [3.63, 3.8) is 0 Å². The first-order chi connectivity index (χ1) is 1.73. The SMILES string of the molecule is C.CC(=O)[O-].[Ag+]. The Balaban J connectivity index is -0.0000000450. The molecule has 0 atom stereocenters. The Kier molecular flexibility index (Phi) is 24.4. The van der Waals surface area contributed by atoms with Gasteiger partial charge in [-0.3, -0.25) is 0 Å². The third-order valence-electron chi connectivity index (χ3n) is 0. The van der Waals surface area contributed by atoms with Crippen molar-refractivity contribution in [2.24, 2.45) is 0 Å². The van der Waals surface area contributed by atoms with Crippen molar-refractivity contribution in [3.8, 4) is 0 Å². The monoisotopic (exact) mass is 182 g/mol. The van der Waals surface area contributed by atoms with Crippen LogP contribution in [0.3, 0.4) is 0 Å². The maximum Gasteiger partial charge on any atom is 1.00 e. The summed E-state index contributed by atoms with van der Waals surface area (Å²) in [6.07, 6.45) is 0. The molecule has 0 N–H and O–H groups in total. The quantitative estimate of drug-likeness (QED) is 0.470. The molecule has 0 aliphatic carbocycles. The molecule has 2 nitrogen and oxygen atoms in total. The summed E-state index contributed by atoms with van der Waals surface area (Å²) in [6.45, 7) is 0.972. The minimum absolute atomic E-state index is 0. The summed E-state index contributed by atoms with van der Waals surface area (Å²) in [5, 5.41) is 8.89. The number of carbonyl (C=O) groups is 1. The van der Waals surface area contributed by atoms with Gasteiger partial charge in [-0.1, -0.05) is 7.43 Å². The van der Waals surface area contributed by atoms with Crippen LogP contribution in [0.1, 0.15) is 14.4 Å². The largest absolute Gasteiger partial charge is 1.00 e. The van der Waals surface area contributed by atoms with Crippen LogP contribution in [0.2, 0.25) is 0 Å². The maximum atomic E-state index is 8.89. The minimum atomic E-state index is -1.08. The van der Waals surface area contributed by atoms with Crippen LogP contribution in [0.5, 0.6) is 0 Å². The van der Waals surface area contributed by atoms with Crippen LogP contribution in [0.15, 0.2) is 0 Å². The van der Waals surface area contributed by atoms with E-state index in [9.17, 15) is 0 Å². The van der Waals surface area contributed by atoms with Gasteiger partial charge in [0.05, 0.1) is 0 Å². The maximum absolute atomic E-state index is 8.89. The van der Waals surface area contributed by atoms with Gasteiger partial charge in [0, 0.05) is 5.97 Å². The molecule has 0 unspecified atom stereocenters.